The van der Waals surface area contributed by atoms with E-state index in [4.69, 9.17) is 0 Å². The fraction of sp³-hybridized carbons (Fsp3) is 0.385. The van der Waals surface area contributed by atoms with Gasteiger partial charge in [-0.05, 0) is 18.9 Å². The molecule has 4 nitrogen and oxygen atoms in total. The molecule has 3 rings (SSSR count). The summed E-state index contributed by atoms with van der Waals surface area (Å²) in [5.41, 5.74) is -0.289. The van der Waals surface area contributed by atoms with Crippen molar-refractivity contribution in [1.82, 2.24) is 5.32 Å². The van der Waals surface area contributed by atoms with Crippen LogP contribution in [0.15, 0.2) is 12.1 Å². The van der Waals surface area contributed by atoms with Gasteiger partial charge in [0.05, 0.1) is 11.3 Å². The van der Waals surface area contributed by atoms with Crippen molar-refractivity contribution in [2.45, 2.75) is 18.9 Å². The van der Waals surface area contributed by atoms with Crippen molar-refractivity contribution in [2.75, 3.05) is 18.0 Å². The fourth-order valence-corrected chi connectivity index (χ4v) is 2.23. The lowest BCUT2D eigenvalue weighted by atomic mass is 10.1. The first-order valence-corrected chi connectivity index (χ1v) is 6.16. The normalized spacial score (nSPS) is 18.1. The molecule has 0 spiro atoms. The molecule has 0 saturated heterocycles. The summed E-state index contributed by atoms with van der Waals surface area (Å²) in [4.78, 5) is 24.6. The molecule has 100 valence electrons. The molecule has 0 unspecified atom stereocenters. The average Bonchev–Trinajstić information content (AvgIpc) is 3.12. The fourth-order valence-electron chi connectivity index (χ4n) is 2.23. The number of nitrogens with one attached hydrogen (secondary N) is 1. The van der Waals surface area contributed by atoms with Gasteiger partial charge in [-0.3, -0.25) is 9.59 Å². The Kier molecular flexibility index (Phi) is 2.82. The van der Waals surface area contributed by atoms with Gasteiger partial charge in [0, 0.05) is 25.2 Å². The highest BCUT2D eigenvalue weighted by atomic mass is 19.1. The lowest BCUT2D eigenvalue weighted by molar-refractivity contribution is -0.114. The number of Topliss-reactive ketones (excluding diaryl/α,β-unsaturated/α-hetero) is 1. The molecule has 2 aliphatic rings. The van der Waals surface area contributed by atoms with Crippen LogP contribution in [-0.4, -0.2) is 30.8 Å². The molecule has 6 heteroatoms. The van der Waals surface area contributed by atoms with Crippen molar-refractivity contribution in [3.8, 4) is 0 Å². The predicted molar refractivity (Wildman–Crippen MR) is 64.1 cm³/mol. The molecule has 19 heavy (non-hydrogen) atoms. The molecule has 1 fully saturated rings. The molecule has 0 atom stereocenters. The third-order valence-corrected chi connectivity index (χ3v) is 3.34. The highest BCUT2D eigenvalue weighted by molar-refractivity contribution is 6.52. The molecule has 1 N–H and O–H groups in total. The van der Waals surface area contributed by atoms with Crippen LogP contribution in [0.5, 0.6) is 0 Å². The Bertz CT molecular complexity index is 570. The Morgan fingerprint density at radius 1 is 1.26 bits per heavy atom. The SMILES string of the molecule is O=C1C(=O)N(CCNC2CC2)c2cc(F)cc(F)c21. The third-order valence-electron chi connectivity index (χ3n) is 3.34. The standard InChI is InChI=1S/C13H12F2N2O2/c14-7-5-9(15)11-10(6-7)17(13(19)12(11)18)4-3-16-8-1-2-8/h5-6,8,16H,1-4H2. The van der Waals surface area contributed by atoms with Crippen molar-refractivity contribution in [2.24, 2.45) is 0 Å². The number of nitrogens with zero attached hydrogens (tertiary/aromatic N) is 1. The first-order valence-electron chi connectivity index (χ1n) is 6.16. The number of fused-ring (bicyclic) bond motifs is 1. The van der Waals surface area contributed by atoms with E-state index in [1.165, 1.54) is 0 Å². The van der Waals surface area contributed by atoms with Crippen molar-refractivity contribution >= 4 is 17.4 Å². The molecule has 0 aromatic heterocycles. The number of hydrogen-bond donors (Lipinski definition) is 1. The molecule has 1 aliphatic heterocycles. The van der Waals surface area contributed by atoms with Crippen LogP contribution in [0.4, 0.5) is 14.5 Å². The predicted octanol–water partition coefficient (Wildman–Crippen LogP) is 1.25. The van der Waals surface area contributed by atoms with Gasteiger partial charge in [0.1, 0.15) is 11.6 Å². The largest absolute Gasteiger partial charge is 0.312 e. The second-order valence-corrected chi connectivity index (χ2v) is 4.80. The van der Waals surface area contributed by atoms with E-state index in [1.807, 2.05) is 0 Å². The monoisotopic (exact) mass is 266 g/mol. The minimum Gasteiger partial charge on any atom is -0.312 e. The van der Waals surface area contributed by atoms with Crippen LogP contribution in [0.1, 0.15) is 23.2 Å². The van der Waals surface area contributed by atoms with E-state index in [0.717, 1.165) is 23.8 Å². The molecule has 1 aromatic carbocycles. The minimum absolute atomic E-state index is 0.0325. The second kappa shape index (κ2) is 4.38. The van der Waals surface area contributed by atoms with E-state index in [-0.39, 0.29) is 17.8 Å². The number of amides is 1. The van der Waals surface area contributed by atoms with E-state index < -0.39 is 23.3 Å². The molecule has 1 aliphatic carbocycles. The molecule has 0 bridgehead atoms. The summed E-state index contributed by atoms with van der Waals surface area (Å²) >= 11 is 0. The number of anilines is 1. The summed E-state index contributed by atoms with van der Waals surface area (Å²) in [6, 6.07) is 2.12. The average molecular weight is 266 g/mol. The third kappa shape index (κ3) is 2.12. The van der Waals surface area contributed by atoms with Gasteiger partial charge in [-0.1, -0.05) is 0 Å². The zero-order chi connectivity index (χ0) is 13.6. The van der Waals surface area contributed by atoms with Crippen LogP contribution in [-0.2, 0) is 4.79 Å². The van der Waals surface area contributed by atoms with Crippen molar-refractivity contribution in [1.29, 1.82) is 0 Å². The summed E-state index contributed by atoms with van der Waals surface area (Å²) < 4.78 is 26.8. The summed E-state index contributed by atoms with van der Waals surface area (Å²) in [7, 11) is 0. The van der Waals surface area contributed by atoms with Crippen LogP contribution >= 0.6 is 0 Å². The maximum absolute atomic E-state index is 13.6. The van der Waals surface area contributed by atoms with Gasteiger partial charge in [0.25, 0.3) is 11.7 Å². The van der Waals surface area contributed by atoms with E-state index in [1.54, 1.807) is 0 Å². The molecule has 1 aromatic rings. The molecule has 0 radical (unpaired) electrons. The summed E-state index contributed by atoms with van der Waals surface area (Å²) in [6.45, 7) is 0.734. The van der Waals surface area contributed by atoms with Crippen molar-refractivity contribution in [3.05, 3.63) is 29.3 Å². The van der Waals surface area contributed by atoms with Crippen LogP contribution in [0.25, 0.3) is 0 Å². The Morgan fingerprint density at radius 3 is 2.68 bits per heavy atom. The number of benzene rings is 1. The van der Waals surface area contributed by atoms with E-state index in [9.17, 15) is 18.4 Å². The highest BCUT2D eigenvalue weighted by Gasteiger charge is 2.38. The number of halogens is 2. The Morgan fingerprint density at radius 2 is 2.00 bits per heavy atom. The van der Waals surface area contributed by atoms with Gasteiger partial charge in [-0.25, -0.2) is 8.78 Å². The lowest BCUT2D eigenvalue weighted by Crippen LogP contribution is -2.36. The first kappa shape index (κ1) is 12.2. The summed E-state index contributed by atoms with van der Waals surface area (Å²) in [5.74, 6) is -3.47. The topological polar surface area (TPSA) is 49.4 Å². The van der Waals surface area contributed by atoms with Gasteiger partial charge >= 0.3 is 0 Å². The Balaban J connectivity index is 1.85. The number of ketones is 1. The van der Waals surface area contributed by atoms with E-state index in [2.05, 4.69) is 5.32 Å². The highest BCUT2D eigenvalue weighted by Crippen LogP contribution is 2.31. The number of carbonyl (C=O) groups is 2. The molecule has 1 amide bonds. The Hall–Kier alpha value is -1.82. The molecular formula is C13H12F2N2O2. The smallest absolute Gasteiger partial charge is 0.299 e. The molecule has 1 heterocycles. The number of rotatable bonds is 4. The lowest BCUT2D eigenvalue weighted by Gasteiger charge is -2.16. The van der Waals surface area contributed by atoms with Gasteiger partial charge in [-0.15, -0.1) is 0 Å². The van der Waals surface area contributed by atoms with Crippen LogP contribution in [0.2, 0.25) is 0 Å². The zero-order valence-corrected chi connectivity index (χ0v) is 10.1. The van der Waals surface area contributed by atoms with Crippen LogP contribution in [0, 0.1) is 11.6 Å². The maximum Gasteiger partial charge on any atom is 0.299 e. The summed E-state index contributed by atoms with van der Waals surface area (Å²) in [6.07, 6.45) is 2.21. The second-order valence-electron chi connectivity index (χ2n) is 4.80. The zero-order valence-electron chi connectivity index (χ0n) is 10.1. The van der Waals surface area contributed by atoms with Gasteiger partial charge in [-0.2, -0.15) is 0 Å². The van der Waals surface area contributed by atoms with Gasteiger partial charge < -0.3 is 10.2 Å². The van der Waals surface area contributed by atoms with Gasteiger partial charge in [0.2, 0.25) is 0 Å². The van der Waals surface area contributed by atoms with Crippen molar-refractivity contribution in [3.63, 3.8) is 0 Å². The number of carbonyl (C=O) groups excluding carboxylic acids is 2. The van der Waals surface area contributed by atoms with E-state index >= 15 is 0 Å². The first-order chi connectivity index (χ1) is 9.08. The van der Waals surface area contributed by atoms with Crippen LogP contribution in [0.3, 0.4) is 0 Å². The minimum atomic E-state index is -0.981. The van der Waals surface area contributed by atoms with Crippen molar-refractivity contribution < 1.29 is 18.4 Å². The van der Waals surface area contributed by atoms with E-state index in [0.29, 0.717) is 18.7 Å². The Labute approximate surface area is 108 Å². The summed E-state index contributed by atoms with van der Waals surface area (Å²) in [5, 5.41) is 3.19. The van der Waals surface area contributed by atoms with Gasteiger partial charge in [0.15, 0.2) is 0 Å². The number of hydrogen-bond acceptors (Lipinski definition) is 3. The maximum atomic E-state index is 13.6. The molecular weight excluding hydrogens is 254 g/mol. The quantitative estimate of drug-likeness (QED) is 0.834. The molecule has 1 saturated carbocycles. The van der Waals surface area contributed by atoms with Crippen LogP contribution < -0.4 is 10.2 Å².